The molecule has 3 heterocycles. The van der Waals surface area contributed by atoms with E-state index in [9.17, 15) is 14.7 Å². The molecule has 10 heteroatoms. The quantitative estimate of drug-likeness (QED) is 0.544. The number of amides is 1. The Hall–Kier alpha value is -4.08. The zero-order valence-electron chi connectivity index (χ0n) is 18.5. The Bertz CT molecular complexity index is 1190. The second kappa shape index (κ2) is 9.19. The van der Waals surface area contributed by atoms with Crippen LogP contribution >= 0.6 is 0 Å². The van der Waals surface area contributed by atoms with Crippen LogP contribution in [0.2, 0.25) is 0 Å². The first kappa shape index (κ1) is 22.1. The van der Waals surface area contributed by atoms with Crippen LogP contribution in [0.3, 0.4) is 0 Å². The topological polar surface area (TPSA) is 120 Å². The summed E-state index contributed by atoms with van der Waals surface area (Å²) in [6.07, 6.45) is 3.89. The summed E-state index contributed by atoms with van der Waals surface area (Å²) < 4.78 is 18.6. The van der Waals surface area contributed by atoms with Crippen molar-refractivity contribution in [3.63, 3.8) is 0 Å². The molecule has 0 aliphatic carbocycles. The summed E-state index contributed by atoms with van der Waals surface area (Å²) in [5, 5.41) is 17.9. The number of carboxylic acid groups (broad SMARTS) is 1. The second-order valence-corrected chi connectivity index (χ2v) is 7.50. The summed E-state index contributed by atoms with van der Waals surface area (Å²) in [5.41, 5.74) is 0.535. The summed E-state index contributed by atoms with van der Waals surface area (Å²) in [6, 6.07) is 8.10. The monoisotopic (exact) mass is 452 g/mol. The zero-order valence-corrected chi connectivity index (χ0v) is 18.5. The SMILES string of the molecule is COc1cccc(OC)c1-n1c(/C=C/C(=O)N2CCC[C@H]2C(=O)O)nnc1-c1ccc(C)o1. The lowest BCUT2D eigenvalue weighted by molar-refractivity contribution is -0.146. The maximum Gasteiger partial charge on any atom is 0.326 e. The number of para-hydroxylation sites is 1. The van der Waals surface area contributed by atoms with Crippen molar-refractivity contribution in [2.45, 2.75) is 25.8 Å². The van der Waals surface area contributed by atoms with Gasteiger partial charge in [-0.3, -0.25) is 9.36 Å². The average molecular weight is 452 g/mol. The fourth-order valence-corrected chi connectivity index (χ4v) is 3.92. The zero-order chi connectivity index (χ0) is 23.5. The van der Waals surface area contributed by atoms with Crippen LogP contribution in [0.4, 0.5) is 0 Å². The maximum atomic E-state index is 12.8. The third kappa shape index (κ3) is 4.19. The number of furan rings is 1. The number of likely N-dealkylation sites (tertiary alicyclic amines) is 1. The fourth-order valence-electron chi connectivity index (χ4n) is 3.92. The highest BCUT2D eigenvalue weighted by Gasteiger charge is 2.33. The Morgan fingerprint density at radius 3 is 2.48 bits per heavy atom. The van der Waals surface area contributed by atoms with E-state index in [1.807, 2.05) is 13.0 Å². The molecule has 172 valence electrons. The normalized spacial score (nSPS) is 15.8. The van der Waals surface area contributed by atoms with E-state index in [1.54, 1.807) is 28.8 Å². The van der Waals surface area contributed by atoms with Crippen molar-refractivity contribution < 1.29 is 28.6 Å². The Labute approximate surface area is 190 Å². The molecule has 1 aliphatic rings. The number of hydrogen-bond acceptors (Lipinski definition) is 7. The molecule has 0 unspecified atom stereocenters. The van der Waals surface area contributed by atoms with Gasteiger partial charge in [-0.15, -0.1) is 10.2 Å². The van der Waals surface area contributed by atoms with E-state index < -0.39 is 17.9 Å². The number of carbonyl (C=O) groups excluding carboxylic acids is 1. The van der Waals surface area contributed by atoms with Gasteiger partial charge in [0.15, 0.2) is 11.6 Å². The van der Waals surface area contributed by atoms with Gasteiger partial charge in [-0.2, -0.15) is 0 Å². The molecule has 1 amide bonds. The number of ether oxygens (including phenoxy) is 2. The van der Waals surface area contributed by atoms with Gasteiger partial charge in [-0.05, 0) is 50.1 Å². The first-order chi connectivity index (χ1) is 15.9. The van der Waals surface area contributed by atoms with Crippen LogP contribution in [0.25, 0.3) is 23.3 Å². The first-order valence-corrected chi connectivity index (χ1v) is 10.4. The third-order valence-corrected chi connectivity index (χ3v) is 5.47. The van der Waals surface area contributed by atoms with Crippen molar-refractivity contribution in [2.75, 3.05) is 20.8 Å². The van der Waals surface area contributed by atoms with Gasteiger partial charge in [0, 0.05) is 12.6 Å². The van der Waals surface area contributed by atoms with E-state index in [0.29, 0.717) is 59.7 Å². The molecule has 1 fully saturated rings. The van der Waals surface area contributed by atoms with Gasteiger partial charge in [-0.1, -0.05) is 6.07 Å². The van der Waals surface area contributed by atoms with Crippen molar-refractivity contribution in [3.8, 4) is 28.8 Å². The van der Waals surface area contributed by atoms with Crippen molar-refractivity contribution in [3.05, 3.63) is 48.0 Å². The summed E-state index contributed by atoms with van der Waals surface area (Å²) in [6.45, 7) is 2.21. The number of carbonyl (C=O) groups is 2. The summed E-state index contributed by atoms with van der Waals surface area (Å²) >= 11 is 0. The molecular weight excluding hydrogens is 428 g/mol. The molecule has 0 spiro atoms. The Morgan fingerprint density at radius 2 is 1.88 bits per heavy atom. The summed E-state index contributed by atoms with van der Waals surface area (Å²) in [7, 11) is 3.08. The first-order valence-electron chi connectivity index (χ1n) is 10.4. The second-order valence-electron chi connectivity index (χ2n) is 7.50. The third-order valence-electron chi connectivity index (χ3n) is 5.47. The van der Waals surface area contributed by atoms with Crippen LogP contribution in [-0.2, 0) is 9.59 Å². The van der Waals surface area contributed by atoms with Crippen molar-refractivity contribution in [2.24, 2.45) is 0 Å². The number of aromatic nitrogens is 3. The number of methoxy groups -OCH3 is 2. The van der Waals surface area contributed by atoms with Gasteiger partial charge in [-0.25, -0.2) is 4.79 Å². The number of benzene rings is 1. The molecule has 33 heavy (non-hydrogen) atoms. The van der Waals surface area contributed by atoms with E-state index in [4.69, 9.17) is 13.9 Å². The molecule has 0 saturated carbocycles. The molecule has 4 rings (SSSR count). The lowest BCUT2D eigenvalue weighted by Gasteiger charge is -2.19. The fraction of sp³-hybridized carbons (Fsp3) is 0.304. The largest absolute Gasteiger partial charge is 0.494 e. The lowest BCUT2D eigenvalue weighted by atomic mass is 10.2. The molecule has 3 aromatic rings. The molecular formula is C23H24N4O6. The number of rotatable bonds is 7. The van der Waals surface area contributed by atoms with Crippen LogP contribution in [0.1, 0.15) is 24.4 Å². The van der Waals surface area contributed by atoms with Crippen molar-refractivity contribution in [1.29, 1.82) is 0 Å². The van der Waals surface area contributed by atoms with E-state index in [2.05, 4.69) is 10.2 Å². The highest BCUT2D eigenvalue weighted by molar-refractivity contribution is 5.94. The molecule has 1 atom stereocenters. The van der Waals surface area contributed by atoms with Crippen LogP contribution in [-0.4, -0.2) is 63.5 Å². The smallest absolute Gasteiger partial charge is 0.326 e. The predicted molar refractivity (Wildman–Crippen MR) is 118 cm³/mol. The van der Waals surface area contributed by atoms with Gasteiger partial charge < -0.3 is 23.9 Å². The van der Waals surface area contributed by atoms with Gasteiger partial charge in [0.05, 0.1) is 14.2 Å². The molecule has 0 radical (unpaired) electrons. The minimum absolute atomic E-state index is 0.321. The van der Waals surface area contributed by atoms with Gasteiger partial charge in [0.25, 0.3) is 0 Å². The molecule has 10 nitrogen and oxygen atoms in total. The standard InChI is InChI=1S/C23H24N4O6/c1-14-9-10-18(33-14)22-25-24-19(11-12-20(28)26-13-5-6-15(26)23(29)30)27(22)21-16(31-2)7-4-8-17(21)32-3/h4,7-12,15H,5-6,13H2,1-3H3,(H,29,30)/b12-11+/t15-/m0/s1. The summed E-state index contributed by atoms with van der Waals surface area (Å²) in [5.74, 6) is 1.49. The maximum absolute atomic E-state index is 12.8. The Balaban J connectivity index is 1.81. The van der Waals surface area contributed by atoms with Crippen LogP contribution in [0.15, 0.2) is 40.8 Å². The van der Waals surface area contributed by atoms with Crippen LogP contribution in [0, 0.1) is 6.92 Å². The van der Waals surface area contributed by atoms with E-state index in [1.165, 1.54) is 31.3 Å². The molecule has 1 saturated heterocycles. The highest BCUT2D eigenvalue weighted by atomic mass is 16.5. The Kier molecular flexibility index (Phi) is 6.16. The highest BCUT2D eigenvalue weighted by Crippen LogP contribution is 2.36. The minimum Gasteiger partial charge on any atom is -0.494 e. The van der Waals surface area contributed by atoms with E-state index in [0.717, 1.165) is 0 Å². The number of carboxylic acids is 1. The van der Waals surface area contributed by atoms with E-state index >= 15 is 0 Å². The number of hydrogen-bond donors (Lipinski definition) is 1. The lowest BCUT2D eigenvalue weighted by Crippen LogP contribution is -2.39. The molecule has 1 aliphatic heterocycles. The molecule has 1 N–H and O–H groups in total. The van der Waals surface area contributed by atoms with Crippen molar-refractivity contribution in [1.82, 2.24) is 19.7 Å². The van der Waals surface area contributed by atoms with Gasteiger partial charge in [0.2, 0.25) is 11.7 Å². The van der Waals surface area contributed by atoms with Crippen LogP contribution < -0.4 is 9.47 Å². The van der Waals surface area contributed by atoms with Crippen LogP contribution in [0.5, 0.6) is 11.5 Å². The van der Waals surface area contributed by atoms with Gasteiger partial charge >= 0.3 is 5.97 Å². The van der Waals surface area contributed by atoms with Gasteiger partial charge in [0.1, 0.15) is 29.0 Å². The van der Waals surface area contributed by atoms with Crippen molar-refractivity contribution >= 4 is 18.0 Å². The number of aryl methyl sites for hydroxylation is 1. The number of aliphatic carboxylic acids is 1. The Morgan fingerprint density at radius 1 is 1.15 bits per heavy atom. The van der Waals surface area contributed by atoms with E-state index in [-0.39, 0.29) is 0 Å². The predicted octanol–water partition coefficient (Wildman–Crippen LogP) is 2.94. The molecule has 0 bridgehead atoms. The number of nitrogens with zero attached hydrogens (tertiary/aromatic N) is 4. The molecule has 1 aromatic carbocycles. The average Bonchev–Trinajstić information content (AvgIpc) is 3.55. The minimum atomic E-state index is -1.01. The molecule has 2 aromatic heterocycles. The summed E-state index contributed by atoms with van der Waals surface area (Å²) in [4.78, 5) is 25.6.